The third kappa shape index (κ3) is 1.80. The normalized spacial score (nSPS) is 11.2. The predicted molar refractivity (Wildman–Crippen MR) is 62.7 cm³/mol. The van der Waals surface area contributed by atoms with E-state index in [1.807, 2.05) is 11.7 Å². The van der Waals surface area contributed by atoms with Gasteiger partial charge in [0.25, 0.3) is 0 Å². The van der Waals surface area contributed by atoms with Crippen molar-refractivity contribution < 1.29 is 4.39 Å². The molecule has 0 aliphatic heterocycles. The van der Waals surface area contributed by atoms with Gasteiger partial charge in [-0.1, -0.05) is 6.92 Å². The van der Waals surface area contributed by atoms with Gasteiger partial charge < -0.3 is 5.32 Å². The highest BCUT2D eigenvalue weighted by atomic mass is 19.1. The lowest BCUT2D eigenvalue weighted by atomic mass is 10.1. The SMILES string of the molecule is CCCn1ncc2ccc(F)c(CNC)c21. The van der Waals surface area contributed by atoms with Crippen molar-refractivity contribution in [1.82, 2.24) is 15.1 Å². The number of aryl methyl sites for hydroxylation is 1. The second-order valence-corrected chi connectivity index (χ2v) is 3.86. The van der Waals surface area contributed by atoms with Crippen LogP contribution in [-0.2, 0) is 13.1 Å². The number of hydrogen-bond donors (Lipinski definition) is 1. The fourth-order valence-electron chi connectivity index (χ4n) is 1.95. The first-order valence-electron chi connectivity index (χ1n) is 5.55. The molecular weight excluding hydrogens is 205 g/mol. The Morgan fingerprint density at radius 2 is 2.25 bits per heavy atom. The third-order valence-corrected chi connectivity index (χ3v) is 2.64. The number of benzene rings is 1. The van der Waals surface area contributed by atoms with Crippen LogP contribution >= 0.6 is 0 Å². The second kappa shape index (κ2) is 4.61. The maximum absolute atomic E-state index is 13.7. The highest BCUT2D eigenvalue weighted by Crippen LogP contribution is 2.21. The van der Waals surface area contributed by atoms with Gasteiger partial charge in [-0.15, -0.1) is 0 Å². The standard InChI is InChI=1S/C12H16FN3/c1-3-6-16-12-9(7-15-16)4-5-11(13)10(12)8-14-2/h4-5,7,14H,3,6,8H2,1-2H3. The first-order valence-corrected chi connectivity index (χ1v) is 5.55. The highest BCUT2D eigenvalue weighted by Gasteiger charge is 2.11. The first-order chi connectivity index (χ1) is 7.77. The molecule has 86 valence electrons. The smallest absolute Gasteiger partial charge is 0.129 e. The third-order valence-electron chi connectivity index (χ3n) is 2.64. The molecule has 0 amide bonds. The van der Waals surface area contributed by atoms with Crippen molar-refractivity contribution in [3.05, 3.63) is 29.7 Å². The fraction of sp³-hybridized carbons (Fsp3) is 0.417. The minimum atomic E-state index is -0.167. The van der Waals surface area contributed by atoms with Gasteiger partial charge in [0.1, 0.15) is 5.82 Å². The van der Waals surface area contributed by atoms with Crippen LogP contribution in [0.5, 0.6) is 0 Å². The Hall–Kier alpha value is -1.42. The molecule has 1 aromatic heterocycles. The molecule has 0 atom stereocenters. The van der Waals surface area contributed by atoms with Crippen LogP contribution in [0.1, 0.15) is 18.9 Å². The number of hydrogen-bond acceptors (Lipinski definition) is 2. The molecule has 0 spiro atoms. The van der Waals surface area contributed by atoms with Crippen LogP contribution in [0.2, 0.25) is 0 Å². The molecule has 0 bridgehead atoms. The van der Waals surface area contributed by atoms with E-state index in [0.717, 1.165) is 23.9 Å². The summed E-state index contributed by atoms with van der Waals surface area (Å²) in [6, 6.07) is 3.29. The van der Waals surface area contributed by atoms with Gasteiger partial charge in [0.15, 0.2) is 0 Å². The summed E-state index contributed by atoms with van der Waals surface area (Å²) in [7, 11) is 1.82. The van der Waals surface area contributed by atoms with Gasteiger partial charge in [-0.3, -0.25) is 4.68 Å². The van der Waals surface area contributed by atoms with Crippen molar-refractivity contribution in [3.63, 3.8) is 0 Å². The summed E-state index contributed by atoms with van der Waals surface area (Å²) < 4.78 is 15.6. The van der Waals surface area contributed by atoms with Gasteiger partial charge >= 0.3 is 0 Å². The lowest BCUT2D eigenvalue weighted by Gasteiger charge is -2.08. The van der Waals surface area contributed by atoms with Crippen LogP contribution in [-0.4, -0.2) is 16.8 Å². The van der Waals surface area contributed by atoms with E-state index in [9.17, 15) is 4.39 Å². The molecule has 2 rings (SSSR count). The number of rotatable bonds is 4. The van der Waals surface area contributed by atoms with E-state index < -0.39 is 0 Å². The molecule has 0 fully saturated rings. The Labute approximate surface area is 94.3 Å². The van der Waals surface area contributed by atoms with Gasteiger partial charge in [-0.2, -0.15) is 5.10 Å². The summed E-state index contributed by atoms with van der Waals surface area (Å²) in [5, 5.41) is 8.29. The average Bonchev–Trinajstić information content (AvgIpc) is 2.67. The van der Waals surface area contributed by atoms with Crippen LogP contribution in [0, 0.1) is 5.82 Å². The Morgan fingerprint density at radius 3 is 2.94 bits per heavy atom. The topological polar surface area (TPSA) is 29.9 Å². The molecular formula is C12H16FN3. The summed E-state index contributed by atoms with van der Waals surface area (Å²) in [5.41, 5.74) is 1.61. The molecule has 0 saturated heterocycles. The van der Waals surface area contributed by atoms with Gasteiger partial charge in [0, 0.05) is 24.0 Å². The van der Waals surface area contributed by atoms with Gasteiger partial charge in [-0.05, 0) is 25.6 Å². The van der Waals surface area contributed by atoms with E-state index >= 15 is 0 Å². The van der Waals surface area contributed by atoms with Crippen LogP contribution in [0.3, 0.4) is 0 Å². The van der Waals surface area contributed by atoms with Crippen LogP contribution in [0.4, 0.5) is 4.39 Å². The van der Waals surface area contributed by atoms with Crippen LogP contribution in [0.15, 0.2) is 18.3 Å². The van der Waals surface area contributed by atoms with Crippen molar-refractivity contribution in [3.8, 4) is 0 Å². The van der Waals surface area contributed by atoms with Crippen molar-refractivity contribution >= 4 is 10.9 Å². The molecule has 0 radical (unpaired) electrons. The minimum absolute atomic E-state index is 0.167. The van der Waals surface area contributed by atoms with Crippen LogP contribution < -0.4 is 5.32 Å². The molecule has 3 nitrogen and oxygen atoms in total. The quantitative estimate of drug-likeness (QED) is 0.858. The summed E-state index contributed by atoms with van der Waals surface area (Å²) in [6.45, 7) is 3.44. The number of nitrogens with zero attached hydrogens (tertiary/aromatic N) is 2. The zero-order valence-electron chi connectivity index (χ0n) is 9.63. The minimum Gasteiger partial charge on any atom is -0.316 e. The Kier molecular flexibility index (Phi) is 3.19. The molecule has 16 heavy (non-hydrogen) atoms. The van der Waals surface area contributed by atoms with Crippen molar-refractivity contribution in [2.75, 3.05) is 7.05 Å². The molecule has 0 aliphatic carbocycles. The molecule has 1 N–H and O–H groups in total. The molecule has 0 aliphatic rings. The molecule has 4 heteroatoms. The van der Waals surface area contributed by atoms with Gasteiger partial charge in [0.2, 0.25) is 0 Å². The van der Waals surface area contributed by atoms with Gasteiger partial charge in [-0.25, -0.2) is 4.39 Å². The largest absolute Gasteiger partial charge is 0.316 e. The Bertz CT molecular complexity index is 490. The summed E-state index contributed by atoms with van der Waals surface area (Å²) in [5.74, 6) is -0.167. The van der Waals surface area contributed by atoms with E-state index in [2.05, 4.69) is 17.3 Å². The van der Waals surface area contributed by atoms with E-state index in [1.165, 1.54) is 6.07 Å². The number of aromatic nitrogens is 2. The highest BCUT2D eigenvalue weighted by molar-refractivity contribution is 5.82. The fourth-order valence-corrected chi connectivity index (χ4v) is 1.95. The van der Waals surface area contributed by atoms with Crippen molar-refractivity contribution in [1.29, 1.82) is 0 Å². The number of fused-ring (bicyclic) bond motifs is 1. The van der Waals surface area contributed by atoms with Gasteiger partial charge in [0.05, 0.1) is 11.7 Å². The summed E-state index contributed by atoms with van der Waals surface area (Å²) >= 11 is 0. The second-order valence-electron chi connectivity index (χ2n) is 3.86. The molecule has 1 aromatic carbocycles. The lowest BCUT2D eigenvalue weighted by Crippen LogP contribution is -2.10. The zero-order valence-corrected chi connectivity index (χ0v) is 9.63. The Balaban J connectivity index is 2.62. The predicted octanol–water partition coefficient (Wildman–Crippen LogP) is 2.30. The monoisotopic (exact) mass is 221 g/mol. The van der Waals surface area contributed by atoms with Crippen molar-refractivity contribution in [2.45, 2.75) is 26.4 Å². The average molecular weight is 221 g/mol. The molecule has 2 aromatic rings. The Morgan fingerprint density at radius 1 is 1.44 bits per heavy atom. The first kappa shape index (κ1) is 11.1. The van der Waals surface area contributed by atoms with Crippen LogP contribution in [0.25, 0.3) is 10.9 Å². The molecule has 1 heterocycles. The van der Waals surface area contributed by atoms with E-state index in [1.54, 1.807) is 12.3 Å². The van der Waals surface area contributed by atoms with Crippen molar-refractivity contribution in [2.24, 2.45) is 0 Å². The van der Waals surface area contributed by atoms with E-state index in [4.69, 9.17) is 0 Å². The number of halogens is 1. The molecule has 0 saturated carbocycles. The number of nitrogens with one attached hydrogen (secondary N) is 1. The molecule has 0 unspecified atom stereocenters. The maximum Gasteiger partial charge on any atom is 0.129 e. The zero-order chi connectivity index (χ0) is 11.5. The lowest BCUT2D eigenvalue weighted by molar-refractivity contribution is 0.590. The van der Waals surface area contributed by atoms with E-state index in [0.29, 0.717) is 12.1 Å². The maximum atomic E-state index is 13.7. The van der Waals surface area contributed by atoms with E-state index in [-0.39, 0.29) is 5.82 Å². The summed E-state index contributed by atoms with van der Waals surface area (Å²) in [6.07, 6.45) is 2.79. The summed E-state index contributed by atoms with van der Waals surface area (Å²) in [4.78, 5) is 0.